The topological polar surface area (TPSA) is 71.2 Å². The number of hydrogen-bond acceptors (Lipinski definition) is 5. The van der Waals surface area contributed by atoms with Crippen molar-refractivity contribution in [2.24, 2.45) is 0 Å². The lowest BCUT2D eigenvalue weighted by Crippen LogP contribution is -2.41. The molecule has 0 unspecified atom stereocenters. The minimum atomic E-state index is -0.596. The van der Waals surface area contributed by atoms with E-state index in [9.17, 15) is 13.6 Å². The second-order valence-corrected chi connectivity index (χ2v) is 8.23. The molecule has 0 saturated carbocycles. The maximum absolute atomic E-state index is 13.9. The third-order valence-electron chi connectivity index (χ3n) is 5.60. The molecule has 1 aliphatic rings. The minimum absolute atomic E-state index is 0.0562. The summed E-state index contributed by atoms with van der Waals surface area (Å²) in [5, 5.41) is 4.03. The molecule has 3 aromatic rings. The average Bonchev–Trinajstić information content (AvgIpc) is 3.14. The molecule has 7 nitrogen and oxygen atoms in total. The van der Waals surface area contributed by atoms with Crippen LogP contribution in [0.5, 0.6) is 0 Å². The Bertz CT molecular complexity index is 1130. The zero-order chi connectivity index (χ0) is 21.7. The van der Waals surface area contributed by atoms with Crippen molar-refractivity contribution in [3.05, 3.63) is 70.5 Å². The van der Waals surface area contributed by atoms with Crippen LogP contribution in [0, 0.1) is 11.6 Å². The van der Waals surface area contributed by atoms with Gasteiger partial charge in [0.25, 0.3) is 0 Å². The Kier molecular flexibility index (Phi) is 4.86. The monoisotopic (exact) mass is 414 g/mol. The van der Waals surface area contributed by atoms with Crippen LogP contribution < -0.4 is 11.2 Å². The summed E-state index contributed by atoms with van der Waals surface area (Å²) in [6, 6.07) is 6.48. The van der Waals surface area contributed by atoms with Crippen molar-refractivity contribution in [1.82, 2.24) is 19.3 Å². The van der Waals surface area contributed by atoms with Crippen LogP contribution in [0.3, 0.4) is 0 Å². The molecule has 4 rings (SSSR count). The summed E-state index contributed by atoms with van der Waals surface area (Å²) < 4.78 is 41.5. The Hall–Kier alpha value is -2.85. The lowest BCUT2D eigenvalue weighted by molar-refractivity contribution is 0.00578. The number of aromatic nitrogens is 4. The maximum Gasteiger partial charge on any atom is 0.496 e. The number of benzene rings is 1. The van der Waals surface area contributed by atoms with E-state index in [0.717, 1.165) is 22.9 Å². The zero-order valence-corrected chi connectivity index (χ0v) is 17.1. The Labute approximate surface area is 172 Å². The van der Waals surface area contributed by atoms with E-state index >= 15 is 0 Å². The van der Waals surface area contributed by atoms with Gasteiger partial charge in [0.15, 0.2) is 5.82 Å². The number of nitrogens with zero attached hydrogens (tertiary/aromatic N) is 4. The molecule has 156 valence electrons. The summed E-state index contributed by atoms with van der Waals surface area (Å²) in [6.45, 7) is 7.70. The number of halogens is 2. The van der Waals surface area contributed by atoms with Crippen LogP contribution >= 0.6 is 0 Å². The molecule has 1 aromatic carbocycles. The van der Waals surface area contributed by atoms with Crippen molar-refractivity contribution in [1.29, 1.82) is 0 Å². The Morgan fingerprint density at radius 1 is 1.07 bits per heavy atom. The van der Waals surface area contributed by atoms with E-state index in [-0.39, 0.29) is 12.1 Å². The molecule has 30 heavy (non-hydrogen) atoms. The van der Waals surface area contributed by atoms with Crippen LogP contribution in [-0.2, 0) is 15.9 Å². The summed E-state index contributed by atoms with van der Waals surface area (Å²) in [5.41, 5.74) is -0.696. The standard InChI is InChI=1S/C20H21BF2N4O3/c1-19(2)20(3,4)30-21(29-19)14-5-8-17(24-10-14)27-18(28)26(12-25-27)11-13-9-15(22)6-7-16(13)23/h5-10,12H,11H2,1-4H3. The smallest absolute Gasteiger partial charge is 0.399 e. The first kappa shape index (κ1) is 20.4. The highest BCUT2D eigenvalue weighted by Gasteiger charge is 2.51. The van der Waals surface area contributed by atoms with Crippen molar-refractivity contribution in [3.8, 4) is 5.82 Å². The van der Waals surface area contributed by atoms with E-state index in [4.69, 9.17) is 9.31 Å². The van der Waals surface area contributed by atoms with Crippen molar-refractivity contribution in [2.75, 3.05) is 0 Å². The third-order valence-corrected chi connectivity index (χ3v) is 5.60. The normalized spacial score (nSPS) is 17.5. The van der Waals surface area contributed by atoms with E-state index in [1.165, 1.54) is 10.9 Å². The predicted octanol–water partition coefficient (Wildman–Crippen LogP) is 2.05. The number of rotatable bonds is 4. The molecule has 0 bridgehead atoms. The molecule has 0 amide bonds. The van der Waals surface area contributed by atoms with Gasteiger partial charge in [0, 0.05) is 17.2 Å². The fourth-order valence-corrected chi connectivity index (χ4v) is 3.09. The molecule has 2 aromatic heterocycles. The van der Waals surface area contributed by atoms with Crippen LogP contribution in [0.25, 0.3) is 5.82 Å². The molecule has 0 aliphatic carbocycles. The van der Waals surface area contributed by atoms with Crippen molar-refractivity contribution < 1.29 is 18.1 Å². The van der Waals surface area contributed by atoms with E-state index < -0.39 is 35.6 Å². The summed E-state index contributed by atoms with van der Waals surface area (Å²) in [6.07, 6.45) is 2.83. The van der Waals surface area contributed by atoms with Crippen LogP contribution in [0.2, 0.25) is 0 Å². The lowest BCUT2D eigenvalue weighted by atomic mass is 9.80. The molecule has 0 radical (unpaired) electrons. The van der Waals surface area contributed by atoms with Crippen molar-refractivity contribution in [3.63, 3.8) is 0 Å². The molecule has 10 heteroatoms. The van der Waals surface area contributed by atoms with E-state index in [2.05, 4.69) is 10.1 Å². The van der Waals surface area contributed by atoms with E-state index in [1.807, 2.05) is 27.7 Å². The van der Waals surface area contributed by atoms with Gasteiger partial charge < -0.3 is 9.31 Å². The summed E-state index contributed by atoms with van der Waals surface area (Å²) >= 11 is 0. The SMILES string of the molecule is CC1(C)OB(c2ccc(-n3ncn(Cc4cc(F)ccc4F)c3=O)nc2)OC1(C)C. The van der Waals surface area contributed by atoms with Gasteiger partial charge in [0.2, 0.25) is 0 Å². The van der Waals surface area contributed by atoms with Gasteiger partial charge in [-0.15, -0.1) is 0 Å². The highest BCUT2D eigenvalue weighted by Crippen LogP contribution is 2.36. The summed E-state index contributed by atoms with van der Waals surface area (Å²) in [5.74, 6) is -0.883. The molecule has 0 atom stereocenters. The average molecular weight is 414 g/mol. The van der Waals surface area contributed by atoms with E-state index in [0.29, 0.717) is 11.3 Å². The highest BCUT2D eigenvalue weighted by molar-refractivity contribution is 6.62. The van der Waals surface area contributed by atoms with Gasteiger partial charge >= 0.3 is 12.8 Å². The quantitative estimate of drug-likeness (QED) is 0.612. The Morgan fingerprint density at radius 2 is 1.77 bits per heavy atom. The Morgan fingerprint density at radius 3 is 2.40 bits per heavy atom. The molecular formula is C20H21BF2N4O3. The fraction of sp³-hybridized carbons (Fsp3) is 0.350. The second kappa shape index (κ2) is 7.14. The predicted molar refractivity (Wildman–Crippen MR) is 107 cm³/mol. The van der Waals surface area contributed by atoms with Gasteiger partial charge in [0.05, 0.1) is 17.7 Å². The largest absolute Gasteiger partial charge is 0.496 e. The molecule has 3 heterocycles. The van der Waals surface area contributed by atoms with Crippen LogP contribution in [0.4, 0.5) is 8.78 Å². The van der Waals surface area contributed by atoms with Gasteiger partial charge in [-0.05, 0) is 52.0 Å². The van der Waals surface area contributed by atoms with Crippen LogP contribution in [-0.4, -0.2) is 37.7 Å². The molecular weight excluding hydrogens is 393 g/mol. The first-order valence-electron chi connectivity index (χ1n) is 9.48. The lowest BCUT2D eigenvalue weighted by Gasteiger charge is -2.32. The Balaban J connectivity index is 1.56. The molecule has 1 saturated heterocycles. The second-order valence-electron chi connectivity index (χ2n) is 8.23. The van der Waals surface area contributed by atoms with E-state index in [1.54, 1.807) is 18.3 Å². The zero-order valence-electron chi connectivity index (χ0n) is 17.1. The number of hydrogen-bond donors (Lipinski definition) is 0. The summed E-state index contributed by atoms with van der Waals surface area (Å²) in [4.78, 5) is 16.9. The minimum Gasteiger partial charge on any atom is -0.399 e. The first-order valence-corrected chi connectivity index (χ1v) is 9.48. The van der Waals surface area contributed by atoms with Crippen LogP contribution in [0.1, 0.15) is 33.3 Å². The van der Waals surface area contributed by atoms with Gasteiger partial charge in [0.1, 0.15) is 18.0 Å². The van der Waals surface area contributed by atoms with Gasteiger partial charge in [-0.3, -0.25) is 4.57 Å². The van der Waals surface area contributed by atoms with Crippen molar-refractivity contribution >= 4 is 12.6 Å². The molecule has 0 spiro atoms. The fourth-order valence-electron chi connectivity index (χ4n) is 3.09. The molecule has 1 aliphatic heterocycles. The molecule has 0 N–H and O–H groups in total. The third kappa shape index (κ3) is 3.57. The van der Waals surface area contributed by atoms with Gasteiger partial charge in [-0.1, -0.05) is 6.07 Å². The highest BCUT2D eigenvalue weighted by atomic mass is 19.1. The maximum atomic E-state index is 13.9. The van der Waals surface area contributed by atoms with Gasteiger partial charge in [-0.2, -0.15) is 9.78 Å². The van der Waals surface area contributed by atoms with Gasteiger partial charge in [-0.25, -0.2) is 18.6 Å². The van der Waals surface area contributed by atoms with Crippen molar-refractivity contribution in [2.45, 2.75) is 45.4 Å². The first-order chi connectivity index (χ1) is 14.1. The summed E-state index contributed by atoms with van der Waals surface area (Å²) in [7, 11) is -0.568. The number of pyridine rings is 1. The molecule has 1 fully saturated rings. The van der Waals surface area contributed by atoms with Crippen LogP contribution in [0.15, 0.2) is 47.7 Å².